The predicted octanol–water partition coefficient (Wildman–Crippen LogP) is 3.53. The van der Waals surface area contributed by atoms with Crippen LogP contribution in [-0.2, 0) is 20.7 Å². The number of ether oxygens (including phenoxy) is 1. The van der Waals surface area contributed by atoms with E-state index in [-0.39, 0.29) is 54.6 Å². The van der Waals surface area contributed by atoms with E-state index >= 15 is 0 Å². The van der Waals surface area contributed by atoms with Gasteiger partial charge in [-0.2, -0.15) is 0 Å². The molecule has 11 heteroatoms. The molecule has 4 N–H and O–H groups in total. The molecule has 1 aromatic heterocycles. The van der Waals surface area contributed by atoms with Crippen molar-refractivity contribution in [2.24, 2.45) is 0 Å². The Morgan fingerprint density at radius 3 is 2.44 bits per heavy atom. The lowest BCUT2D eigenvalue weighted by Crippen LogP contribution is -2.54. The highest BCUT2D eigenvalue weighted by atomic mass is 19.1. The molecular formula is C34H45F2N5O4. The number of nitrogens with one attached hydrogen (secondary N) is 3. The number of rotatable bonds is 11. The van der Waals surface area contributed by atoms with Gasteiger partial charge in [-0.3, -0.25) is 9.59 Å². The Balaban J connectivity index is 1.57. The van der Waals surface area contributed by atoms with Crippen LogP contribution in [0.15, 0.2) is 42.5 Å². The van der Waals surface area contributed by atoms with E-state index in [9.17, 15) is 23.5 Å². The number of aromatic nitrogens is 1. The molecule has 244 valence electrons. The molecule has 2 saturated heterocycles. The number of amides is 2. The molecule has 0 radical (unpaired) electrons. The average molecular weight is 626 g/mol. The second-order valence-electron chi connectivity index (χ2n) is 12.4. The van der Waals surface area contributed by atoms with Gasteiger partial charge in [0.1, 0.15) is 17.7 Å². The number of likely N-dealkylation sites (tertiary alicyclic amines) is 1. The largest absolute Gasteiger partial charge is 0.391 e. The van der Waals surface area contributed by atoms with Crippen LogP contribution in [0.25, 0.3) is 22.2 Å². The topological polar surface area (TPSA) is 108 Å². The fourth-order valence-electron chi connectivity index (χ4n) is 6.79. The molecule has 5 rings (SSSR count). The lowest BCUT2D eigenvalue weighted by Gasteiger charge is -2.31. The Labute approximate surface area is 263 Å². The first-order valence-electron chi connectivity index (χ1n) is 15.9. The highest BCUT2D eigenvalue weighted by molar-refractivity contribution is 5.93. The number of β-amino-alcohol motifs (C(OH)–C–C–N with tert-alkyl or cyclic N) is 1. The third-order valence-corrected chi connectivity index (χ3v) is 9.39. The van der Waals surface area contributed by atoms with Gasteiger partial charge in [-0.05, 0) is 113 Å². The van der Waals surface area contributed by atoms with Crippen molar-refractivity contribution in [3.05, 3.63) is 59.7 Å². The number of carbonyl (C=O) groups is 2. The average Bonchev–Trinajstić information content (AvgIpc) is 3.57. The molecule has 45 heavy (non-hydrogen) atoms. The van der Waals surface area contributed by atoms with Crippen LogP contribution < -0.4 is 16.0 Å². The third-order valence-electron chi connectivity index (χ3n) is 9.39. The monoisotopic (exact) mass is 625 g/mol. The molecular weight excluding hydrogens is 580 g/mol. The van der Waals surface area contributed by atoms with E-state index in [0.29, 0.717) is 12.8 Å². The minimum Gasteiger partial charge on any atom is -0.391 e. The Hall–Kier alpha value is -3.38. The van der Waals surface area contributed by atoms with Crippen LogP contribution in [0.2, 0.25) is 0 Å². The van der Waals surface area contributed by atoms with E-state index in [0.717, 1.165) is 53.7 Å². The van der Waals surface area contributed by atoms with Gasteiger partial charge < -0.3 is 35.3 Å². The normalized spacial score (nSPS) is 21.2. The molecule has 0 unspecified atom stereocenters. The maximum atomic E-state index is 14.8. The maximum Gasteiger partial charge on any atom is 0.245 e. The third kappa shape index (κ3) is 7.22. The maximum absolute atomic E-state index is 14.8. The van der Waals surface area contributed by atoms with E-state index in [4.69, 9.17) is 4.74 Å². The van der Waals surface area contributed by atoms with Crippen LogP contribution in [0, 0.1) is 11.6 Å². The van der Waals surface area contributed by atoms with Crippen LogP contribution in [0.4, 0.5) is 8.78 Å². The second-order valence-corrected chi connectivity index (χ2v) is 12.4. The summed E-state index contributed by atoms with van der Waals surface area (Å²) in [7, 11) is 3.24. The van der Waals surface area contributed by atoms with Gasteiger partial charge in [0.05, 0.1) is 29.5 Å². The lowest BCUT2D eigenvalue weighted by atomic mass is 9.96. The van der Waals surface area contributed by atoms with Crippen molar-refractivity contribution < 1.29 is 28.2 Å². The molecule has 3 aromatic rings. The number of aliphatic hydroxyl groups is 1. The molecule has 2 aromatic carbocycles. The molecule has 5 atom stereocenters. The van der Waals surface area contributed by atoms with Crippen molar-refractivity contribution in [3.8, 4) is 11.3 Å². The van der Waals surface area contributed by atoms with Crippen molar-refractivity contribution in [1.82, 2.24) is 25.4 Å². The zero-order valence-corrected chi connectivity index (χ0v) is 26.5. The van der Waals surface area contributed by atoms with E-state index in [2.05, 4.69) is 20.5 Å². The second kappa shape index (κ2) is 14.4. The van der Waals surface area contributed by atoms with E-state index < -0.39 is 18.2 Å². The van der Waals surface area contributed by atoms with Crippen LogP contribution >= 0.6 is 0 Å². The first kappa shape index (κ1) is 33.0. The summed E-state index contributed by atoms with van der Waals surface area (Å²) in [5, 5.41) is 20.9. The Kier molecular flexibility index (Phi) is 10.5. The molecule has 0 bridgehead atoms. The molecule has 0 aliphatic carbocycles. The number of aliphatic hydroxyl groups excluding tert-OH is 1. The number of fused-ring (bicyclic) bond motifs is 1. The Morgan fingerprint density at radius 1 is 1.09 bits per heavy atom. The van der Waals surface area contributed by atoms with Crippen LogP contribution in [0.3, 0.4) is 0 Å². The van der Waals surface area contributed by atoms with E-state index in [1.165, 1.54) is 18.2 Å². The number of carbonyl (C=O) groups excluding carboxylic acids is 2. The molecule has 0 saturated carbocycles. The zero-order chi connectivity index (χ0) is 32.2. The number of nitrogens with zero attached hydrogens (tertiary/aromatic N) is 2. The minimum absolute atomic E-state index is 0.0977. The summed E-state index contributed by atoms with van der Waals surface area (Å²) in [6.45, 7) is 5.35. The van der Waals surface area contributed by atoms with Crippen molar-refractivity contribution in [2.75, 3.05) is 33.8 Å². The van der Waals surface area contributed by atoms with Gasteiger partial charge in [-0.15, -0.1) is 0 Å². The highest BCUT2D eigenvalue weighted by Gasteiger charge is 2.40. The first-order valence-corrected chi connectivity index (χ1v) is 15.9. The molecule has 2 amide bonds. The fourth-order valence-corrected chi connectivity index (χ4v) is 6.79. The summed E-state index contributed by atoms with van der Waals surface area (Å²) in [6, 6.07) is 9.48. The molecule has 0 spiro atoms. The van der Waals surface area contributed by atoms with E-state index in [1.807, 2.05) is 6.92 Å². The van der Waals surface area contributed by atoms with Crippen molar-refractivity contribution >= 4 is 22.7 Å². The smallest absolute Gasteiger partial charge is 0.245 e. The summed E-state index contributed by atoms with van der Waals surface area (Å²) in [4.78, 5) is 28.7. The Bertz CT molecular complexity index is 1490. The van der Waals surface area contributed by atoms with Crippen molar-refractivity contribution in [2.45, 2.75) is 82.3 Å². The number of piperidine rings is 1. The number of likely N-dealkylation sites (N-methyl/N-ethyl adjacent to an activating group) is 1. The van der Waals surface area contributed by atoms with Gasteiger partial charge in [-0.1, -0.05) is 0 Å². The highest BCUT2D eigenvalue weighted by Crippen LogP contribution is 2.41. The molecule has 9 nitrogen and oxygen atoms in total. The van der Waals surface area contributed by atoms with Crippen LogP contribution in [0.1, 0.15) is 51.1 Å². The fraction of sp³-hybridized carbons (Fsp3) is 0.529. The van der Waals surface area contributed by atoms with Crippen LogP contribution in [0.5, 0.6) is 0 Å². The van der Waals surface area contributed by atoms with Gasteiger partial charge in [0.25, 0.3) is 0 Å². The SMILES string of the molecule is CN[C@@H](C)C(=O)N[C@@H](C[C@H](C)OC)C(=O)N1C[C@@H](O)C[C@H]1Cc1c(-c2ccc(F)cc2)n(C2CCNCC2)c2cc(F)ccc12. The lowest BCUT2D eigenvalue weighted by molar-refractivity contribution is -0.138. The summed E-state index contributed by atoms with van der Waals surface area (Å²) >= 11 is 0. The molecule has 2 aliphatic rings. The van der Waals surface area contributed by atoms with Gasteiger partial charge in [-0.25, -0.2) is 8.78 Å². The number of methoxy groups -OCH3 is 1. The van der Waals surface area contributed by atoms with Crippen molar-refractivity contribution in [1.29, 1.82) is 0 Å². The number of hydrogen-bond donors (Lipinski definition) is 4. The first-order chi connectivity index (χ1) is 21.6. The van der Waals surface area contributed by atoms with Gasteiger partial charge >= 0.3 is 0 Å². The summed E-state index contributed by atoms with van der Waals surface area (Å²) in [5.41, 5.74) is 3.35. The van der Waals surface area contributed by atoms with Gasteiger partial charge in [0.15, 0.2) is 0 Å². The Morgan fingerprint density at radius 2 is 1.78 bits per heavy atom. The standard InChI is InChI=1S/C34H45F2N5O4/c1-20(45-4)15-30(39-33(43)21(2)37-3)34(44)40-19-27(42)17-26(40)18-29-28-10-9-24(36)16-31(28)41(25-11-13-38-14-12-25)32(29)22-5-7-23(35)8-6-22/h5-10,16,20-21,25-27,30,37-38,42H,11-15,17-19H2,1-4H3,(H,39,43)/t20-,21-,26-,27-,30-/m0/s1. The quantitative estimate of drug-likeness (QED) is 0.260. The predicted molar refractivity (Wildman–Crippen MR) is 170 cm³/mol. The number of hydrogen-bond acceptors (Lipinski definition) is 6. The van der Waals surface area contributed by atoms with Crippen LogP contribution in [-0.4, -0.2) is 90.5 Å². The van der Waals surface area contributed by atoms with Gasteiger partial charge in [0.2, 0.25) is 11.8 Å². The number of benzene rings is 2. The molecule has 2 aliphatic heterocycles. The zero-order valence-electron chi connectivity index (χ0n) is 26.5. The summed E-state index contributed by atoms with van der Waals surface area (Å²) in [6.07, 6.45) is 1.68. The molecule has 2 fully saturated rings. The number of halogens is 2. The molecule has 3 heterocycles. The summed E-state index contributed by atoms with van der Waals surface area (Å²) < 4.78 is 36.5. The minimum atomic E-state index is -0.849. The summed E-state index contributed by atoms with van der Waals surface area (Å²) in [5.74, 6) is -1.28. The van der Waals surface area contributed by atoms with E-state index in [1.54, 1.807) is 50.2 Å². The van der Waals surface area contributed by atoms with Gasteiger partial charge in [0, 0.05) is 37.5 Å². The van der Waals surface area contributed by atoms with Crippen molar-refractivity contribution in [3.63, 3.8) is 0 Å².